The van der Waals surface area contributed by atoms with Crippen molar-refractivity contribution in [3.63, 3.8) is 0 Å². The van der Waals surface area contributed by atoms with E-state index in [0.29, 0.717) is 17.1 Å². The average molecular weight is 369 g/mol. The minimum absolute atomic E-state index is 0.0995. The Hall–Kier alpha value is -3.35. The van der Waals surface area contributed by atoms with E-state index >= 15 is 0 Å². The number of carbonyl (C=O) groups is 3. The van der Waals surface area contributed by atoms with Crippen LogP contribution in [0.4, 0.5) is 11.4 Å². The second kappa shape index (κ2) is 9.38. The SMILES string of the molecule is COc1ccccc1CN(CC(=O)Nc1cccc(NC(C)=O)c1)C(C)=O. The number of carbonyl (C=O) groups excluding carboxylic acids is 3. The van der Waals surface area contributed by atoms with E-state index in [9.17, 15) is 14.4 Å². The van der Waals surface area contributed by atoms with Crippen LogP contribution in [0.15, 0.2) is 48.5 Å². The van der Waals surface area contributed by atoms with Gasteiger partial charge in [-0.2, -0.15) is 0 Å². The summed E-state index contributed by atoms with van der Waals surface area (Å²) in [7, 11) is 1.56. The summed E-state index contributed by atoms with van der Waals surface area (Å²) in [6, 6.07) is 14.2. The third-order valence-electron chi connectivity index (χ3n) is 3.80. The Morgan fingerprint density at radius 1 is 0.963 bits per heavy atom. The normalized spacial score (nSPS) is 10.0. The first-order chi connectivity index (χ1) is 12.9. The van der Waals surface area contributed by atoms with E-state index in [1.807, 2.05) is 18.2 Å². The van der Waals surface area contributed by atoms with Gasteiger partial charge in [0.2, 0.25) is 17.7 Å². The molecule has 0 atom stereocenters. The summed E-state index contributed by atoms with van der Waals surface area (Å²) < 4.78 is 5.30. The highest BCUT2D eigenvalue weighted by atomic mass is 16.5. The van der Waals surface area contributed by atoms with Crippen LogP contribution in [0.1, 0.15) is 19.4 Å². The Labute approximate surface area is 158 Å². The molecule has 0 aliphatic carbocycles. The molecule has 0 spiro atoms. The van der Waals surface area contributed by atoms with Crippen molar-refractivity contribution in [1.82, 2.24) is 4.90 Å². The van der Waals surface area contributed by atoms with Gasteiger partial charge in [-0.25, -0.2) is 0 Å². The van der Waals surface area contributed by atoms with E-state index in [-0.39, 0.29) is 30.8 Å². The number of methoxy groups -OCH3 is 1. The zero-order valence-electron chi connectivity index (χ0n) is 15.6. The second-order valence-electron chi connectivity index (χ2n) is 6.00. The van der Waals surface area contributed by atoms with Gasteiger partial charge in [-0.1, -0.05) is 24.3 Å². The number of ether oxygens (including phenoxy) is 1. The Balaban J connectivity index is 2.05. The molecule has 2 aromatic rings. The molecule has 0 saturated heterocycles. The van der Waals surface area contributed by atoms with Crippen LogP contribution in [-0.4, -0.2) is 36.3 Å². The van der Waals surface area contributed by atoms with Crippen LogP contribution in [-0.2, 0) is 20.9 Å². The third kappa shape index (κ3) is 6.14. The third-order valence-corrected chi connectivity index (χ3v) is 3.80. The molecule has 27 heavy (non-hydrogen) atoms. The lowest BCUT2D eigenvalue weighted by Gasteiger charge is -2.22. The highest BCUT2D eigenvalue weighted by Crippen LogP contribution is 2.20. The van der Waals surface area contributed by atoms with Crippen molar-refractivity contribution in [3.8, 4) is 5.75 Å². The fraction of sp³-hybridized carbons (Fsp3) is 0.250. The average Bonchev–Trinajstić information content (AvgIpc) is 2.61. The fourth-order valence-corrected chi connectivity index (χ4v) is 2.57. The summed E-state index contributed by atoms with van der Waals surface area (Å²) in [5, 5.41) is 5.39. The van der Waals surface area contributed by atoms with Crippen LogP contribution in [0.3, 0.4) is 0 Å². The van der Waals surface area contributed by atoms with E-state index in [1.54, 1.807) is 37.4 Å². The monoisotopic (exact) mass is 369 g/mol. The standard InChI is InChI=1S/C20H23N3O4/c1-14(24)21-17-8-6-9-18(11-17)22-20(26)13-23(15(2)25)12-16-7-4-5-10-19(16)27-3/h4-11H,12-13H2,1-3H3,(H,21,24)(H,22,26). The van der Waals surface area contributed by atoms with Gasteiger partial charge in [0, 0.05) is 37.3 Å². The quantitative estimate of drug-likeness (QED) is 0.785. The summed E-state index contributed by atoms with van der Waals surface area (Å²) in [4.78, 5) is 36.9. The Morgan fingerprint density at radius 3 is 2.26 bits per heavy atom. The number of benzene rings is 2. The molecule has 0 aromatic heterocycles. The molecule has 0 radical (unpaired) electrons. The molecule has 0 unspecified atom stereocenters. The van der Waals surface area contributed by atoms with Gasteiger partial charge in [0.1, 0.15) is 12.3 Å². The predicted octanol–water partition coefficient (Wildman–Crippen LogP) is 2.64. The number of hydrogen-bond acceptors (Lipinski definition) is 4. The summed E-state index contributed by atoms with van der Waals surface area (Å²) in [6.45, 7) is 2.99. The highest BCUT2D eigenvalue weighted by molar-refractivity contribution is 5.95. The largest absolute Gasteiger partial charge is 0.496 e. The smallest absolute Gasteiger partial charge is 0.244 e. The Bertz CT molecular complexity index is 835. The van der Waals surface area contributed by atoms with Crippen molar-refractivity contribution in [2.45, 2.75) is 20.4 Å². The van der Waals surface area contributed by atoms with E-state index in [4.69, 9.17) is 4.74 Å². The molecular weight excluding hydrogens is 346 g/mol. The number of nitrogens with zero attached hydrogens (tertiary/aromatic N) is 1. The number of rotatable bonds is 7. The first kappa shape index (κ1) is 20.0. The van der Waals surface area contributed by atoms with Crippen LogP contribution in [0.25, 0.3) is 0 Å². The molecule has 0 aliphatic heterocycles. The van der Waals surface area contributed by atoms with Gasteiger partial charge < -0.3 is 20.3 Å². The molecule has 7 heteroatoms. The zero-order chi connectivity index (χ0) is 19.8. The molecule has 0 saturated carbocycles. The summed E-state index contributed by atoms with van der Waals surface area (Å²) >= 11 is 0. The van der Waals surface area contributed by atoms with Crippen molar-refractivity contribution in [3.05, 3.63) is 54.1 Å². The lowest BCUT2D eigenvalue weighted by atomic mass is 10.2. The number of anilines is 2. The van der Waals surface area contributed by atoms with Crippen LogP contribution in [0.2, 0.25) is 0 Å². The van der Waals surface area contributed by atoms with Gasteiger partial charge in [0.15, 0.2) is 0 Å². The summed E-state index contributed by atoms with van der Waals surface area (Å²) in [5.41, 5.74) is 1.93. The molecular formula is C20H23N3O4. The number of para-hydroxylation sites is 1. The number of amides is 3. The van der Waals surface area contributed by atoms with Gasteiger partial charge in [0.25, 0.3) is 0 Å². The zero-order valence-corrected chi connectivity index (χ0v) is 15.6. The molecule has 0 bridgehead atoms. The molecule has 142 valence electrons. The molecule has 3 amide bonds. The van der Waals surface area contributed by atoms with Crippen molar-refractivity contribution in [2.24, 2.45) is 0 Å². The maximum Gasteiger partial charge on any atom is 0.244 e. The maximum absolute atomic E-state index is 12.4. The molecule has 0 fully saturated rings. The van der Waals surface area contributed by atoms with E-state index in [0.717, 1.165) is 5.56 Å². The van der Waals surface area contributed by atoms with Crippen molar-refractivity contribution < 1.29 is 19.1 Å². The lowest BCUT2D eigenvalue weighted by Crippen LogP contribution is -2.36. The highest BCUT2D eigenvalue weighted by Gasteiger charge is 2.16. The van der Waals surface area contributed by atoms with E-state index < -0.39 is 0 Å². The van der Waals surface area contributed by atoms with Gasteiger partial charge in [-0.05, 0) is 24.3 Å². The Morgan fingerprint density at radius 2 is 1.63 bits per heavy atom. The fourth-order valence-electron chi connectivity index (χ4n) is 2.57. The van der Waals surface area contributed by atoms with Gasteiger partial charge in [0.05, 0.1) is 7.11 Å². The minimum atomic E-state index is -0.333. The lowest BCUT2D eigenvalue weighted by molar-refractivity contribution is -0.133. The first-order valence-corrected chi connectivity index (χ1v) is 8.44. The molecule has 2 N–H and O–H groups in total. The number of nitrogens with one attached hydrogen (secondary N) is 2. The van der Waals surface area contributed by atoms with Gasteiger partial charge in [-0.15, -0.1) is 0 Å². The molecule has 7 nitrogen and oxygen atoms in total. The topological polar surface area (TPSA) is 87.7 Å². The summed E-state index contributed by atoms with van der Waals surface area (Å²) in [5.74, 6) is -0.0895. The van der Waals surface area contributed by atoms with Crippen LogP contribution in [0.5, 0.6) is 5.75 Å². The first-order valence-electron chi connectivity index (χ1n) is 8.44. The van der Waals surface area contributed by atoms with Crippen molar-refractivity contribution in [1.29, 1.82) is 0 Å². The predicted molar refractivity (Wildman–Crippen MR) is 103 cm³/mol. The minimum Gasteiger partial charge on any atom is -0.496 e. The molecule has 0 heterocycles. The Kier molecular flexibility index (Phi) is 6.93. The maximum atomic E-state index is 12.4. The number of hydrogen-bond donors (Lipinski definition) is 2. The van der Waals surface area contributed by atoms with Gasteiger partial charge >= 0.3 is 0 Å². The van der Waals surface area contributed by atoms with E-state index in [2.05, 4.69) is 10.6 Å². The molecule has 2 aromatic carbocycles. The van der Waals surface area contributed by atoms with Crippen molar-refractivity contribution in [2.75, 3.05) is 24.3 Å². The van der Waals surface area contributed by atoms with E-state index in [1.165, 1.54) is 18.7 Å². The summed E-state index contributed by atoms with van der Waals surface area (Å²) in [6.07, 6.45) is 0. The second-order valence-corrected chi connectivity index (χ2v) is 6.00. The van der Waals surface area contributed by atoms with Crippen molar-refractivity contribution >= 4 is 29.1 Å². The van der Waals surface area contributed by atoms with Gasteiger partial charge in [-0.3, -0.25) is 14.4 Å². The van der Waals surface area contributed by atoms with Crippen LogP contribution >= 0.6 is 0 Å². The van der Waals surface area contributed by atoms with Crippen LogP contribution < -0.4 is 15.4 Å². The van der Waals surface area contributed by atoms with Crippen LogP contribution in [0, 0.1) is 0 Å². The molecule has 0 aliphatic rings. The molecule has 2 rings (SSSR count).